The van der Waals surface area contributed by atoms with Crippen LogP contribution < -0.4 is 14.9 Å². The third kappa shape index (κ3) is 6.73. The average molecular weight is 699 g/mol. The van der Waals surface area contributed by atoms with Crippen molar-refractivity contribution in [3.63, 3.8) is 0 Å². The zero-order valence-electron chi connectivity index (χ0n) is 32.6. The van der Waals surface area contributed by atoms with Crippen LogP contribution in [-0.2, 0) is 14.7 Å². The van der Waals surface area contributed by atoms with E-state index in [2.05, 4.69) is 120 Å². The molecule has 0 atom stereocenters. The number of hydrogen-bond donors (Lipinski definition) is 0. The molecule has 4 aromatic rings. The minimum atomic E-state index is -0.444. The first-order valence-electron chi connectivity index (χ1n) is 20.4. The second-order valence-corrected chi connectivity index (χ2v) is 16.3. The molecule has 7 rings (SSSR count). The molecular weight excluding hydrogens is 639 g/mol. The summed E-state index contributed by atoms with van der Waals surface area (Å²) in [5.41, 5.74) is 10.0. The van der Waals surface area contributed by atoms with E-state index >= 15 is 0 Å². The molecule has 1 heterocycles. The van der Waals surface area contributed by atoms with E-state index in [-0.39, 0.29) is 0 Å². The largest absolute Gasteiger partial charge is 0.494 e. The molecule has 0 amide bonds. The van der Waals surface area contributed by atoms with Crippen LogP contribution in [0.5, 0.6) is 11.5 Å². The summed E-state index contributed by atoms with van der Waals surface area (Å²) >= 11 is 0. The lowest BCUT2D eigenvalue weighted by molar-refractivity contribution is 0.00578. The van der Waals surface area contributed by atoms with Crippen LogP contribution in [0.2, 0.25) is 0 Å². The molecule has 5 heteroatoms. The first-order chi connectivity index (χ1) is 25.2. The predicted octanol–water partition coefficient (Wildman–Crippen LogP) is 11.8. The number of rotatable bonds is 17. The number of fused-ring (bicyclic) bond motifs is 10. The number of unbranched alkanes of at least 4 members (excludes halogenated alkanes) is 10. The maximum Gasteiger partial charge on any atom is 0.494 e. The zero-order chi connectivity index (χ0) is 36.3. The maximum atomic E-state index is 6.53. The molecule has 0 unspecified atom stereocenters. The molecule has 1 spiro atoms. The fourth-order valence-electron chi connectivity index (χ4n) is 8.62. The minimum Gasteiger partial charge on any atom is -0.494 e. The van der Waals surface area contributed by atoms with Gasteiger partial charge < -0.3 is 18.8 Å². The Bertz CT molecular complexity index is 1770. The van der Waals surface area contributed by atoms with Crippen LogP contribution in [0, 0.1) is 0 Å². The predicted molar refractivity (Wildman–Crippen MR) is 216 cm³/mol. The molecule has 0 N–H and O–H groups in total. The molecule has 0 bridgehead atoms. The van der Waals surface area contributed by atoms with Crippen LogP contribution in [0.25, 0.3) is 22.3 Å². The minimum absolute atomic E-state index is 0.400. The normalized spacial score (nSPS) is 16.8. The highest BCUT2D eigenvalue weighted by atomic mass is 16.7. The number of hydrogen-bond acceptors (Lipinski definition) is 4. The molecule has 0 aromatic heterocycles. The van der Waals surface area contributed by atoms with Crippen molar-refractivity contribution in [3.05, 3.63) is 101 Å². The Morgan fingerprint density at radius 3 is 1.46 bits per heavy atom. The quantitative estimate of drug-likeness (QED) is 0.0702. The van der Waals surface area contributed by atoms with Gasteiger partial charge in [-0.25, -0.2) is 0 Å². The van der Waals surface area contributed by atoms with Gasteiger partial charge in [-0.2, -0.15) is 0 Å². The molecule has 1 fully saturated rings. The van der Waals surface area contributed by atoms with Crippen molar-refractivity contribution in [3.8, 4) is 33.8 Å². The van der Waals surface area contributed by atoms with E-state index in [1.54, 1.807) is 0 Å². The standard InChI is InChI=1S/C47H59BO4/c1-7-9-11-13-15-19-29-49-35-24-27-43-39(32-35)40-33-36(50-30-20-16-14-12-10-8-2)25-28-44(40)47(43)41-22-18-17-21-37(41)38-31-34(23-26-42(38)47)48-51-45(3,4)46(5,6)52-48/h17-18,21-28,31-33H,7-16,19-20,29-30H2,1-6H3. The number of benzene rings is 4. The highest BCUT2D eigenvalue weighted by Crippen LogP contribution is 2.63. The molecule has 2 aliphatic carbocycles. The third-order valence-electron chi connectivity index (χ3n) is 12.2. The molecule has 0 saturated carbocycles. The summed E-state index contributed by atoms with van der Waals surface area (Å²) in [6.45, 7) is 14.5. The van der Waals surface area contributed by atoms with Gasteiger partial charge in [-0.05, 0) is 115 Å². The molecule has 4 aromatic carbocycles. The van der Waals surface area contributed by atoms with Crippen molar-refractivity contribution in [1.82, 2.24) is 0 Å². The van der Waals surface area contributed by atoms with Crippen LogP contribution in [0.3, 0.4) is 0 Å². The van der Waals surface area contributed by atoms with Crippen LogP contribution in [0.1, 0.15) is 141 Å². The lowest BCUT2D eigenvalue weighted by Crippen LogP contribution is -2.41. The van der Waals surface area contributed by atoms with E-state index in [1.165, 1.54) is 109 Å². The number of ether oxygens (including phenoxy) is 2. The summed E-state index contributed by atoms with van der Waals surface area (Å²) in [5.74, 6) is 1.88. The van der Waals surface area contributed by atoms with Gasteiger partial charge in [0.1, 0.15) is 11.5 Å². The lowest BCUT2D eigenvalue weighted by Gasteiger charge is -2.32. The van der Waals surface area contributed by atoms with Crippen LogP contribution in [0.15, 0.2) is 78.9 Å². The van der Waals surface area contributed by atoms with Gasteiger partial charge in [-0.3, -0.25) is 0 Å². The highest BCUT2D eigenvalue weighted by Gasteiger charge is 2.54. The SMILES string of the molecule is CCCCCCCCOc1ccc2c(c1)-c1cc(OCCCCCCCC)ccc1C21c2ccccc2-c2cc(B3OC(C)(C)C(C)(C)O3)ccc21. The van der Waals surface area contributed by atoms with Gasteiger partial charge in [0.05, 0.1) is 29.8 Å². The van der Waals surface area contributed by atoms with Gasteiger partial charge in [0.25, 0.3) is 0 Å². The Morgan fingerprint density at radius 1 is 0.481 bits per heavy atom. The van der Waals surface area contributed by atoms with E-state index in [1.807, 2.05) is 0 Å². The van der Waals surface area contributed by atoms with Crippen molar-refractivity contribution >= 4 is 12.6 Å². The third-order valence-corrected chi connectivity index (χ3v) is 12.2. The summed E-state index contributed by atoms with van der Waals surface area (Å²) in [6, 6.07) is 29.5. The summed E-state index contributed by atoms with van der Waals surface area (Å²) in [6.07, 6.45) is 15.0. The van der Waals surface area contributed by atoms with E-state index in [0.29, 0.717) is 0 Å². The summed E-state index contributed by atoms with van der Waals surface area (Å²) in [7, 11) is -0.417. The molecule has 1 saturated heterocycles. The Balaban J connectivity index is 1.25. The highest BCUT2D eigenvalue weighted by molar-refractivity contribution is 6.62. The Kier molecular flexibility index (Phi) is 10.9. The van der Waals surface area contributed by atoms with Crippen LogP contribution in [-0.4, -0.2) is 31.5 Å². The van der Waals surface area contributed by atoms with Crippen molar-refractivity contribution < 1.29 is 18.8 Å². The zero-order valence-corrected chi connectivity index (χ0v) is 32.6. The fraction of sp³-hybridized carbons (Fsp3) is 0.489. The summed E-state index contributed by atoms with van der Waals surface area (Å²) in [5, 5.41) is 0. The lowest BCUT2D eigenvalue weighted by atomic mass is 9.69. The van der Waals surface area contributed by atoms with Crippen LogP contribution in [0.4, 0.5) is 0 Å². The van der Waals surface area contributed by atoms with E-state index in [9.17, 15) is 0 Å². The molecule has 0 radical (unpaired) electrons. The molecule has 52 heavy (non-hydrogen) atoms. The summed E-state index contributed by atoms with van der Waals surface area (Å²) in [4.78, 5) is 0. The first-order valence-corrected chi connectivity index (χ1v) is 20.4. The van der Waals surface area contributed by atoms with Crippen molar-refractivity contribution in [2.75, 3.05) is 13.2 Å². The van der Waals surface area contributed by atoms with Crippen molar-refractivity contribution in [1.29, 1.82) is 0 Å². The van der Waals surface area contributed by atoms with E-state index in [4.69, 9.17) is 18.8 Å². The molecular formula is C47H59BO4. The molecule has 3 aliphatic rings. The van der Waals surface area contributed by atoms with Crippen LogP contribution >= 0.6 is 0 Å². The van der Waals surface area contributed by atoms with Gasteiger partial charge in [-0.1, -0.05) is 133 Å². The Labute approximate surface area is 313 Å². The average Bonchev–Trinajstić information content (AvgIpc) is 3.68. The second kappa shape index (κ2) is 15.4. The first kappa shape index (κ1) is 36.8. The van der Waals surface area contributed by atoms with E-state index < -0.39 is 23.7 Å². The van der Waals surface area contributed by atoms with Gasteiger partial charge in [-0.15, -0.1) is 0 Å². The second-order valence-electron chi connectivity index (χ2n) is 16.3. The van der Waals surface area contributed by atoms with Gasteiger partial charge >= 0.3 is 7.12 Å². The fourth-order valence-corrected chi connectivity index (χ4v) is 8.62. The summed E-state index contributed by atoms with van der Waals surface area (Å²) < 4.78 is 25.9. The monoisotopic (exact) mass is 698 g/mol. The maximum absolute atomic E-state index is 6.53. The van der Waals surface area contributed by atoms with Gasteiger partial charge in [0.2, 0.25) is 0 Å². The van der Waals surface area contributed by atoms with Gasteiger partial charge in [0, 0.05) is 0 Å². The van der Waals surface area contributed by atoms with E-state index in [0.717, 1.165) is 43.0 Å². The topological polar surface area (TPSA) is 36.9 Å². The van der Waals surface area contributed by atoms with Crippen molar-refractivity contribution in [2.24, 2.45) is 0 Å². The van der Waals surface area contributed by atoms with Gasteiger partial charge in [0.15, 0.2) is 0 Å². The molecule has 4 nitrogen and oxygen atoms in total. The van der Waals surface area contributed by atoms with Crippen molar-refractivity contribution in [2.45, 2.75) is 135 Å². The Morgan fingerprint density at radius 2 is 0.923 bits per heavy atom. The molecule has 1 aliphatic heterocycles. The smallest absolute Gasteiger partial charge is 0.494 e. The molecule has 274 valence electrons. The Hall–Kier alpha value is -3.54.